The normalized spacial score (nSPS) is 10.6. The first-order valence-corrected chi connectivity index (χ1v) is 8.60. The van der Waals surface area contributed by atoms with Crippen LogP contribution in [0.15, 0.2) is 21.7 Å². The van der Waals surface area contributed by atoms with Crippen molar-refractivity contribution in [3.63, 3.8) is 0 Å². The molecule has 2 aromatic heterocycles. The number of hydrogen-bond acceptors (Lipinski definition) is 6. The van der Waals surface area contributed by atoms with Crippen LogP contribution in [0.2, 0.25) is 0 Å². The Kier molecular flexibility index (Phi) is 5.97. The number of aromatic carboxylic acids is 1. The highest BCUT2D eigenvalue weighted by Crippen LogP contribution is 2.17. The van der Waals surface area contributed by atoms with Crippen molar-refractivity contribution in [1.82, 2.24) is 15.3 Å². The third-order valence-electron chi connectivity index (χ3n) is 3.52. The zero-order valence-corrected chi connectivity index (χ0v) is 14.6. The number of hydrogen-bond donors (Lipinski definition) is 2. The highest BCUT2D eigenvalue weighted by molar-refractivity contribution is 7.98. The number of aryl methyl sites for hydroxylation is 2. The van der Waals surface area contributed by atoms with Crippen molar-refractivity contribution < 1.29 is 19.1 Å². The van der Waals surface area contributed by atoms with E-state index in [-0.39, 0.29) is 18.2 Å². The van der Waals surface area contributed by atoms with Gasteiger partial charge < -0.3 is 14.8 Å². The second-order valence-corrected chi connectivity index (χ2v) is 5.98. The van der Waals surface area contributed by atoms with Crippen LogP contribution in [0.5, 0.6) is 0 Å². The molecular formula is C16H19N3O4S. The van der Waals surface area contributed by atoms with Crippen molar-refractivity contribution in [3.05, 3.63) is 40.6 Å². The van der Waals surface area contributed by atoms with Crippen molar-refractivity contribution in [2.24, 2.45) is 0 Å². The molecule has 2 aromatic rings. The lowest BCUT2D eigenvalue weighted by molar-refractivity contribution is -0.121. The maximum atomic E-state index is 12.0. The van der Waals surface area contributed by atoms with Crippen molar-refractivity contribution in [2.45, 2.75) is 38.4 Å². The summed E-state index contributed by atoms with van der Waals surface area (Å²) in [5.74, 6) is -1.01. The number of nitrogens with zero attached hydrogens (tertiary/aromatic N) is 2. The molecule has 2 rings (SSSR count). The van der Waals surface area contributed by atoms with Gasteiger partial charge in [0.2, 0.25) is 11.7 Å². The number of thioether (sulfide) groups is 1. The first-order valence-electron chi connectivity index (χ1n) is 7.37. The summed E-state index contributed by atoms with van der Waals surface area (Å²) in [4.78, 5) is 31.5. The van der Waals surface area contributed by atoms with E-state index in [2.05, 4.69) is 15.3 Å². The zero-order valence-electron chi connectivity index (χ0n) is 13.8. The molecule has 0 spiro atoms. The molecule has 0 saturated heterocycles. The van der Waals surface area contributed by atoms with Crippen LogP contribution >= 0.6 is 11.8 Å². The maximum absolute atomic E-state index is 12.0. The van der Waals surface area contributed by atoms with Crippen molar-refractivity contribution in [2.75, 3.05) is 6.26 Å². The number of furan rings is 1. The maximum Gasteiger partial charge on any atom is 0.371 e. The van der Waals surface area contributed by atoms with E-state index in [1.165, 1.54) is 23.9 Å². The Morgan fingerprint density at radius 1 is 1.25 bits per heavy atom. The van der Waals surface area contributed by atoms with Gasteiger partial charge in [-0.25, -0.2) is 14.8 Å². The van der Waals surface area contributed by atoms with Gasteiger partial charge in [-0.2, -0.15) is 0 Å². The van der Waals surface area contributed by atoms with Gasteiger partial charge in [-0.05, 0) is 44.2 Å². The predicted octanol–water partition coefficient (Wildman–Crippen LogP) is 2.36. The average molecular weight is 349 g/mol. The molecule has 0 aliphatic heterocycles. The van der Waals surface area contributed by atoms with Crippen molar-refractivity contribution in [3.8, 4) is 0 Å². The molecule has 0 atom stereocenters. The van der Waals surface area contributed by atoms with E-state index in [0.717, 1.165) is 22.1 Å². The molecule has 24 heavy (non-hydrogen) atoms. The van der Waals surface area contributed by atoms with E-state index in [4.69, 9.17) is 9.52 Å². The quantitative estimate of drug-likeness (QED) is 0.584. The lowest BCUT2D eigenvalue weighted by Gasteiger charge is -2.10. The van der Waals surface area contributed by atoms with Crippen molar-refractivity contribution in [1.29, 1.82) is 0 Å². The van der Waals surface area contributed by atoms with E-state index < -0.39 is 5.97 Å². The number of aromatic nitrogens is 2. The van der Waals surface area contributed by atoms with E-state index in [9.17, 15) is 9.59 Å². The van der Waals surface area contributed by atoms with E-state index >= 15 is 0 Å². The average Bonchev–Trinajstić information content (AvgIpc) is 3.01. The Labute approximate surface area is 143 Å². The Hall–Kier alpha value is -2.35. The van der Waals surface area contributed by atoms with Crippen LogP contribution < -0.4 is 5.32 Å². The highest BCUT2D eigenvalue weighted by Gasteiger charge is 2.12. The standard InChI is InChI=1S/C16H19N3O4S/c1-9-12(10(2)19-16(18-9)24-3)5-7-14(20)17-8-11-4-6-13(23-11)15(21)22/h4,6H,5,7-8H2,1-3H3,(H,17,20)(H,21,22). The van der Waals surface area contributed by atoms with Gasteiger partial charge in [-0.1, -0.05) is 11.8 Å². The third-order valence-corrected chi connectivity index (χ3v) is 4.06. The summed E-state index contributed by atoms with van der Waals surface area (Å²) < 4.78 is 5.09. The number of carboxylic acids is 1. The van der Waals surface area contributed by atoms with Crippen LogP contribution in [-0.4, -0.2) is 33.2 Å². The third kappa shape index (κ3) is 4.58. The summed E-state index contributed by atoms with van der Waals surface area (Å²) in [5, 5.41) is 12.2. The number of rotatable bonds is 7. The summed E-state index contributed by atoms with van der Waals surface area (Å²) in [6.45, 7) is 3.99. The smallest absolute Gasteiger partial charge is 0.371 e. The van der Waals surface area contributed by atoms with Gasteiger partial charge in [0.15, 0.2) is 5.16 Å². The van der Waals surface area contributed by atoms with Gasteiger partial charge in [-0.15, -0.1) is 0 Å². The summed E-state index contributed by atoms with van der Waals surface area (Å²) in [6, 6.07) is 2.90. The summed E-state index contributed by atoms with van der Waals surface area (Å²) in [5.41, 5.74) is 2.75. The molecule has 8 heteroatoms. The Morgan fingerprint density at radius 2 is 1.92 bits per heavy atom. The Bertz CT molecular complexity index is 735. The number of carboxylic acid groups (broad SMARTS) is 1. The van der Waals surface area contributed by atoms with Gasteiger partial charge in [0.05, 0.1) is 6.54 Å². The first-order chi connectivity index (χ1) is 11.4. The van der Waals surface area contributed by atoms with Crippen LogP contribution in [0, 0.1) is 13.8 Å². The molecule has 0 radical (unpaired) electrons. The fourth-order valence-electron chi connectivity index (χ4n) is 2.26. The fourth-order valence-corrected chi connectivity index (χ4v) is 2.72. The van der Waals surface area contributed by atoms with Gasteiger partial charge in [-0.3, -0.25) is 4.79 Å². The molecule has 7 nitrogen and oxygen atoms in total. The minimum Gasteiger partial charge on any atom is -0.475 e. The molecule has 0 aromatic carbocycles. The Morgan fingerprint density at radius 3 is 2.46 bits per heavy atom. The van der Waals surface area contributed by atoms with E-state index in [1.54, 1.807) is 0 Å². The molecule has 1 amide bonds. The van der Waals surface area contributed by atoms with E-state index in [0.29, 0.717) is 18.6 Å². The molecule has 128 valence electrons. The highest BCUT2D eigenvalue weighted by atomic mass is 32.2. The van der Waals surface area contributed by atoms with Crippen LogP contribution in [0.1, 0.15) is 39.7 Å². The van der Waals surface area contributed by atoms with Crippen LogP contribution in [0.3, 0.4) is 0 Å². The second-order valence-electron chi connectivity index (χ2n) is 5.21. The molecule has 0 aliphatic rings. The van der Waals surface area contributed by atoms with Crippen molar-refractivity contribution >= 4 is 23.6 Å². The molecule has 0 fully saturated rings. The topological polar surface area (TPSA) is 105 Å². The summed E-state index contributed by atoms with van der Waals surface area (Å²) in [7, 11) is 0. The molecule has 0 aliphatic carbocycles. The van der Waals surface area contributed by atoms with Crippen LogP contribution in [0.4, 0.5) is 0 Å². The van der Waals surface area contributed by atoms with Crippen LogP contribution in [0.25, 0.3) is 0 Å². The predicted molar refractivity (Wildman–Crippen MR) is 89.1 cm³/mol. The summed E-state index contributed by atoms with van der Waals surface area (Å²) in [6.07, 6.45) is 2.78. The number of nitrogens with one attached hydrogen (secondary N) is 1. The second kappa shape index (κ2) is 7.96. The van der Waals surface area contributed by atoms with Gasteiger partial charge >= 0.3 is 5.97 Å². The zero-order chi connectivity index (χ0) is 17.7. The van der Waals surface area contributed by atoms with Gasteiger partial charge in [0.1, 0.15) is 5.76 Å². The fraction of sp³-hybridized carbons (Fsp3) is 0.375. The van der Waals surface area contributed by atoms with Crippen LogP contribution in [-0.2, 0) is 17.8 Å². The lowest BCUT2D eigenvalue weighted by Crippen LogP contribution is -2.23. The number of carbonyl (C=O) groups excluding carboxylic acids is 1. The molecule has 0 saturated carbocycles. The lowest BCUT2D eigenvalue weighted by atomic mass is 10.1. The number of carbonyl (C=O) groups is 2. The molecule has 2 N–H and O–H groups in total. The molecule has 0 unspecified atom stereocenters. The molecular weight excluding hydrogens is 330 g/mol. The van der Waals surface area contributed by atoms with Gasteiger partial charge in [0.25, 0.3) is 0 Å². The van der Waals surface area contributed by atoms with Gasteiger partial charge in [0, 0.05) is 17.8 Å². The van der Waals surface area contributed by atoms with E-state index in [1.807, 2.05) is 20.1 Å². The Balaban J connectivity index is 1.88. The minimum absolute atomic E-state index is 0.142. The summed E-state index contributed by atoms with van der Waals surface area (Å²) >= 11 is 1.49. The molecule has 2 heterocycles. The number of amides is 1. The minimum atomic E-state index is -1.13. The first kappa shape index (κ1) is 18.0. The molecule has 0 bridgehead atoms. The SMILES string of the molecule is CSc1nc(C)c(CCC(=O)NCc2ccc(C(=O)O)o2)c(C)n1. The monoisotopic (exact) mass is 349 g/mol. The largest absolute Gasteiger partial charge is 0.475 e.